The maximum Gasteiger partial charge on any atom is 0.203 e. The van der Waals surface area contributed by atoms with Crippen LogP contribution in [-0.2, 0) is 41.3 Å². The highest BCUT2D eigenvalue weighted by Gasteiger charge is 2.22. The van der Waals surface area contributed by atoms with Crippen LogP contribution in [0.5, 0.6) is 23.0 Å². The molecule has 5 rings (SSSR count). The van der Waals surface area contributed by atoms with Gasteiger partial charge < -0.3 is 52.5 Å². The van der Waals surface area contributed by atoms with E-state index in [1.54, 1.807) is 14.2 Å². The van der Waals surface area contributed by atoms with Crippen molar-refractivity contribution in [3.63, 3.8) is 0 Å². The lowest BCUT2D eigenvalue weighted by molar-refractivity contribution is -0.0257. The minimum absolute atomic E-state index is 0.234. The zero-order valence-corrected chi connectivity index (χ0v) is 37.7. The normalized spacial score (nSPS) is 17.6. The molecule has 2 aliphatic rings. The molecule has 1 unspecified atom stereocenters. The van der Waals surface area contributed by atoms with E-state index in [9.17, 15) is 0 Å². The van der Waals surface area contributed by atoms with Crippen LogP contribution < -0.4 is 18.9 Å². The number of hydrogen-bond acceptors (Lipinski definition) is 11. The first-order valence-corrected chi connectivity index (χ1v) is 22.9. The largest absolute Gasteiger partial charge is 0.493 e. The number of ether oxygens (including phenoxy) is 10. The highest BCUT2D eigenvalue weighted by atomic mass is 16.6. The van der Waals surface area contributed by atoms with Gasteiger partial charge in [-0.2, -0.15) is 0 Å². The highest BCUT2D eigenvalue weighted by Crippen LogP contribution is 2.39. The molecule has 0 fully saturated rings. The summed E-state index contributed by atoms with van der Waals surface area (Å²) in [7, 11) is 3.32. The Morgan fingerprint density at radius 1 is 0.603 bits per heavy atom. The Kier molecular flexibility index (Phi) is 24.0. The van der Waals surface area contributed by atoms with Gasteiger partial charge in [-0.1, -0.05) is 60.7 Å². The molecule has 1 N–H and O–H groups in total. The van der Waals surface area contributed by atoms with E-state index in [2.05, 4.69) is 72.1 Å². The molecular weight excluding hydrogens is 801 g/mol. The summed E-state index contributed by atoms with van der Waals surface area (Å²) in [4.78, 5) is 0. The summed E-state index contributed by atoms with van der Waals surface area (Å²) in [5, 5.41) is 9.00. The van der Waals surface area contributed by atoms with Crippen LogP contribution in [0.4, 0.5) is 0 Å². The Morgan fingerprint density at radius 3 is 1.84 bits per heavy atom. The average molecular weight is 871 g/mol. The molecule has 0 saturated heterocycles. The molecule has 0 spiro atoms. The van der Waals surface area contributed by atoms with Gasteiger partial charge in [0.2, 0.25) is 5.75 Å². The van der Waals surface area contributed by atoms with Crippen molar-refractivity contribution in [3.8, 4) is 34.1 Å². The van der Waals surface area contributed by atoms with Gasteiger partial charge in [-0.05, 0) is 116 Å². The number of unbranched alkanes of at least 4 members (excludes halogenated alkanes) is 3. The van der Waals surface area contributed by atoms with Crippen molar-refractivity contribution < 1.29 is 52.5 Å². The molecule has 11 heteroatoms. The van der Waals surface area contributed by atoms with Crippen molar-refractivity contribution in [3.05, 3.63) is 107 Å². The molecule has 1 aliphatic carbocycles. The first-order chi connectivity index (χ1) is 31.2. The zero-order chi connectivity index (χ0) is 44.0. The predicted molar refractivity (Wildman–Crippen MR) is 245 cm³/mol. The molecule has 0 aromatic heterocycles. The molecule has 1 aliphatic heterocycles. The SMILES string of the molecule is COc1cc(CCCc2ccc(-c3ccc(OCC4=C=C=C5OCCOCCOCCCC=CCCCOCCOCCOC5C4)cc3)cc2)cc(OC)c1OCCCCCCO. The molecule has 0 saturated carbocycles. The number of benzene rings is 3. The zero-order valence-electron chi connectivity index (χ0n) is 37.7. The van der Waals surface area contributed by atoms with Crippen LogP contribution in [0.2, 0.25) is 0 Å². The molecule has 0 amide bonds. The van der Waals surface area contributed by atoms with E-state index in [-0.39, 0.29) is 12.7 Å². The summed E-state index contributed by atoms with van der Waals surface area (Å²) >= 11 is 0. The van der Waals surface area contributed by atoms with E-state index >= 15 is 0 Å². The Morgan fingerprint density at radius 2 is 1.19 bits per heavy atom. The Balaban J connectivity index is 1.07. The molecule has 0 radical (unpaired) electrons. The van der Waals surface area contributed by atoms with Crippen LogP contribution in [0.25, 0.3) is 11.1 Å². The fraction of sp³-hybridized carbons (Fsp3) is 0.538. The monoisotopic (exact) mass is 870 g/mol. The Labute approximate surface area is 375 Å². The molecule has 63 heavy (non-hydrogen) atoms. The van der Waals surface area contributed by atoms with Gasteiger partial charge >= 0.3 is 0 Å². The number of aliphatic hydroxyl groups is 1. The summed E-state index contributed by atoms with van der Waals surface area (Å²) in [5.41, 5.74) is 12.1. The van der Waals surface area contributed by atoms with E-state index in [1.165, 1.54) is 5.56 Å². The van der Waals surface area contributed by atoms with Crippen molar-refractivity contribution in [2.24, 2.45) is 0 Å². The van der Waals surface area contributed by atoms with Gasteiger partial charge in [-0.3, -0.25) is 0 Å². The minimum atomic E-state index is -0.320. The number of allylic oxidation sites excluding steroid dienone is 2. The summed E-state index contributed by atoms with van der Waals surface area (Å²) in [6.45, 7) is 6.52. The van der Waals surface area contributed by atoms with Crippen LogP contribution in [-0.4, -0.2) is 111 Å². The van der Waals surface area contributed by atoms with Crippen LogP contribution in [0.3, 0.4) is 0 Å². The fourth-order valence-corrected chi connectivity index (χ4v) is 7.14. The van der Waals surface area contributed by atoms with Crippen molar-refractivity contribution >= 4 is 0 Å². The van der Waals surface area contributed by atoms with Crippen LogP contribution in [0.15, 0.2) is 95.6 Å². The molecule has 344 valence electrons. The third-order valence-corrected chi connectivity index (χ3v) is 10.7. The van der Waals surface area contributed by atoms with E-state index in [4.69, 9.17) is 52.5 Å². The molecule has 3 aromatic carbocycles. The van der Waals surface area contributed by atoms with Gasteiger partial charge in [0, 0.05) is 31.8 Å². The number of rotatable bonds is 17. The lowest BCUT2D eigenvalue weighted by atomic mass is 10.00. The van der Waals surface area contributed by atoms with Crippen molar-refractivity contribution in [2.45, 2.75) is 83.2 Å². The minimum Gasteiger partial charge on any atom is -0.493 e. The predicted octanol–water partition coefficient (Wildman–Crippen LogP) is 9.42. The van der Waals surface area contributed by atoms with Crippen LogP contribution in [0.1, 0.15) is 75.3 Å². The topological polar surface area (TPSA) is 113 Å². The third-order valence-electron chi connectivity index (χ3n) is 10.7. The van der Waals surface area contributed by atoms with Crippen molar-refractivity contribution in [1.29, 1.82) is 0 Å². The molecule has 1 atom stereocenters. The maximum atomic E-state index is 9.00. The first kappa shape index (κ1) is 49.5. The standard InChI is InChI=1S/C52H70O11/c1-54-50-38-43(39-51(55-2)52(50)62-29-12-8-5-9-26-53)15-13-14-42-16-19-45(20-17-42)46-21-23-47(24-22-46)63-41-44-18-25-48-49(40-44)61-37-35-59-33-31-57-28-11-7-4-3-6-10-27-56-30-32-58-34-36-60-48/h3-4,16-17,19-24,38-39,49,53H,5-15,26-37,40-41H2,1-2H3. The second-order valence-electron chi connectivity index (χ2n) is 15.5. The van der Waals surface area contributed by atoms with E-state index in [0.717, 1.165) is 112 Å². The quantitative estimate of drug-likeness (QED) is 0.0796. The van der Waals surface area contributed by atoms with Crippen LogP contribution >= 0.6 is 0 Å². The van der Waals surface area contributed by atoms with Gasteiger partial charge in [-0.25, -0.2) is 0 Å². The summed E-state index contributed by atoms with van der Waals surface area (Å²) in [5.74, 6) is 3.41. The van der Waals surface area contributed by atoms with E-state index in [0.29, 0.717) is 95.5 Å². The highest BCUT2D eigenvalue weighted by molar-refractivity contribution is 5.64. The van der Waals surface area contributed by atoms with Gasteiger partial charge in [0.15, 0.2) is 17.3 Å². The lowest BCUT2D eigenvalue weighted by Crippen LogP contribution is -2.24. The van der Waals surface area contributed by atoms with Gasteiger partial charge in [0.05, 0.1) is 67.1 Å². The number of aliphatic hydroxyl groups excluding tert-OH is 1. The summed E-state index contributed by atoms with van der Waals surface area (Å²) in [6, 6.07) is 21.1. The molecule has 11 nitrogen and oxygen atoms in total. The van der Waals surface area contributed by atoms with E-state index in [1.807, 2.05) is 12.1 Å². The Bertz CT molecular complexity index is 1820. The molecule has 3 aromatic rings. The number of aryl methyl sites for hydroxylation is 2. The average Bonchev–Trinajstić information content (AvgIpc) is 3.31. The molecule has 0 bridgehead atoms. The van der Waals surface area contributed by atoms with Crippen molar-refractivity contribution in [1.82, 2.24) is 0 Å². The molecular formula is C52H70O11. The lowest BCUT2D eigenvalue weighted by Gasteiger charge is -2.22. The fourth-order valence-electron chi connectivity index (χ4n) is 7.14. The second-order valence-corrected chi connectivity index (χ2v) is 15.5. The van der Waals surface area contributed by atoms with Gasteiger partial charge in [-0.15, -0.1) is 0 Å². The smallest absolute Gasteiger partial charge is 0.203 e. The molecule has 1 heterocycles. The summed E-state index contributed by atoms with van der Waals surface area (Å²) in [6.07, 6.45) is 15.3. The van der Waals surface area contributed by atoms with Crippen LogP contribution in [0, 0.1) is 0 Å². The van der Waals surface area contributed by atoms with Gasteiger partial charge in [0.25, 0.3) is 0 Å². The van der Waals surface area contributed by atoms with Crippen molar-refractivity contribution in [2.75, 3.05) is 100 Å². The Hall–Kier alpha value is -4.54. The maximum absolute atomic E-state index is 9.00. The number of hydrogen-bond donors (Lipinski definition) is 1. The third kappa shape index (κ3) is 19.0. The second kappa shape index (κ2) is 30.5. The van der Waals surface area contributed by atoms with E-state index < -0.39 is 0 Å². The number of fused-ring (bicyclic) bond motifs is 1. The summed E-state index contributed by atoms with van der Waals surface area (Å²) < 4.78 is 58.8. The van der Waals surface area contributed by atoms with Gasteiger partial charge in [0.1, 0.15) is 25.1 Å². The number of methoxy groups -OCH3 is 2. The first-order valence-electron chi connectivity index (χ1n) is 22.9.